The van der Waals surface area contributed by atoms with Crippen molar-refractivity contribution in [3.05, 3.63) is 66.4 Å². The predicted octanol–water partition coefficient (Wildman–Crippen LogP) is 3.81. The highest BCUT2D eigenvalue weighted by Gasteiger charge is 2.30. The highest BCUT2D eigenvalue weighted by Crippen LogP contribution is 2.33. The quantitative estimate of drug-likeness (QED) is 0.497. The summed E-state index contributed by atoms with van der Waals surface area (Å²) < 4.78 is 45.2. The van der Waals surface area contributed by atoms with E-state index in [1.807, 2.05) is 0 Å². The maximum Gasteiger partial charge on any atom is 0.416 e. The van der Waals surface area contributed by atoms with Gasteiger partial charge in [0.15, 0.2) is 11.9 Å². The highest BCUT2D eigenvalue weighted by molar-refractivity contribution is 5.73. The SMILES string of the molecule is O=Cc1nnc2cc(-c3nccnc3Oc3ccc(C(F)(F)F)cc3)ccn12. The van der Waals surface area contributed by atoms with E-state index in [1.165, 1.54) is 28.9 Å². The van der Waals surface area contributed by atoms with Gasteiger partial charge in [0.1, 0.15) is 11.4 Å². The van der Waals surface area contributed by atoms with Crippen molar-refractivity contribution in [1.29, 1.82) is 0 Å². The smallest absolute Gasteiger partial charge is 0.416 e. The van der Waals surface area contributed by atoms with Gasteiger partial charge in [-0.2, -0.15) is 13.2 Å². The van der Waals surface area contributed by atoms with Crippen molar-refractivity contribution in [2.45, 2.75) is 6.18 Å². The number of halogens is 3. The summed E-state index contributed by atoms with van der Waals surface area (Å²) in [7, 11) is 0. The molecule has 0 amide bonds. The number of carbonyl (C=O) groups excluding carboxylic acids is 1. The number of ether oxygens (including phenoxy) is 1. The van der Waals surface area contributed by atoms with Crippen molar-refractivity contribution in [1.82, 2.24) is 24.6 Å². The minimum Gasteiger partial charge on any atom is -0.437 e. The molecule has 4 rings (SSSR count). The molecule has 28 heavy (non-hydrogen) atoms. The van der Waals surface area contributed by atoms with E-state index >= 15 is 0 Å². The molecule has 0 saturated heterocycles. The number of hydrogen-bond donors (Lipinski definition) is 0. The van der Waals surface area contributed by atoms with Crippen LogP contribution in [0.25, 0.3) is 16.9 Å². The Morgan fingerprint density at radius 1 is 1.00 bits per heavy atom. The van der Waals surface area contributed by atoms with Crippen LogP contribution in [0.3, 0.4) is 0 Å². The predicted molar refractivity (Wildman–Crippen MR) is 90.9 cm³/mol. The number of hydrogen-bond acceptors (Lipinski definition) is 6. The molecule has 4 aromatic rings. The van der Waals surface area contributed by atoms with Gasteiger partial charge in [-0.3, -0.25) is 9.20 Å². The van der Waals surface area contributed by atoms with Crippen LogP contribution in [-0.2, 0) is 6.18 Å². The van der Waals surface area contributed by atoms with E-state index in [-0.39, 0.29) is 17.5 Å². The third-order valence-electron chi connectivity index (χ3n) is 3.88. The van der Waals surface area contributed by atoms with E-state index in [0.29, 0.717) is 23.2 Å². The lowest BCUT2D eigenvalue weighted by Gasteiger charge is -2.11. The number of alkyl halides is 3. The molecule has 7 nitrogen and oxygen atoms in total. The van der Waals surface area contributed by atoms with Gasteiger partial charge in [0.05, 0.1) is 5.56 Å². The second kappa shape index (κ2) is 6.72. The normalized spacial score (nSPS) is 11.5. The molecule has 0 unspecified atom stereocenters. The molecule has 0 N–H and O–H groups in total. The summed E-state index contributed by atoms with van der Waals surface area (Å²) in [6.45, 7) is 0. The van der Waals surface area contributed by atoms with E-state index in [0.717, 1.165) is 12.1 Å². The Hall–Kier alpha value is -3.82. The Bertz CT molecular complexity index is 1160. The molecular weight excluding hydrogens is 375 g/mol. The van der Waals surface area contributed by atoms with Crippen LogP contribution in [-0.4, -0.2) is 30.9 Å². The van der Waals surface area contributed by atoms with Gasteiger partial charge in [-0.25, -0.2) is 9.97 Å². The van der Waals surface area contributed by atoms with Crippen LogP contribution in [0.15, 0.2) is 55.0 Å². The van der Waals surface area contributed by atoms with E-state index in [9.17, 15) is 18.0 Å². The topological polar surface area (TPSA) is 82.3 Å². The van der Waals surface area contributed by atoms with Gasteiger partial charge in [-0.1, -0.05) is 0 Å². The second-order valence-electron chi connectivity index (χ2n) is 5.65. The van der Waals surface area contributed by atoms with E-state index < -0.39 is 11.7 Å². The first-order valence-corrected chi connectivity index (χ1v) is 7.92. The van der Waals surface area contributed by atoms with E-state index in [1.54, 1.807) is 18.3 Å². The molecule has 0 bridgehead atoms. The minimum absolute atomic E-state index is 0.113. The summed E-state index contributed by atoms with van der Waals surface area (Å²) in [5, 5.41) is 7.66. The van der Waals surface area contributed by atoms with Crippen molar-refractivity contribution >= 4 is 11.9 Å². The molecule has 0 fully saturated rings. The van der Waals surface area contributed by atoms with Gasteiger partial charge in [-0.05, 0) is 36.4 Å². The number of aldehydes is 1. The Balaban J connectivity index is 1.68. The fourth-order valence-corrected chi connectivity index (χ4v) is 2.56. The number of benzene rings is 1. The van der Waals surface area contributed by atoms with Crippen LogP contribution >= 0.6 is 0 Å². The zero-order valence-corrected chi connectivity index (χ0v) is 14.0. The molecule has 140 valence electrons. The molecular formula is C18H10F3N5O2. The number of aromatic nitrogens is 5. The van der Waals surface area contributed by atoms with Gasteiger partial charge in [0, 0.05) is 24.2 Å². The summed E-state index contributed by atoms with van der Waals surface area (Å²) in [5.41, 5.74) is 0.598. The van der Waals surface area contributed by atoms with Crippen LogP contribution in [0.4, 0.5) is 13.2 Å². The van der Waals surface area contributed by atoms with E-state index in [2.05, 4.69) is 20.2 Å². The number of pyridine rings is 1. The molecule has 0 saturated carbocycles. The molecule has 10 heteroatoms. The Morgan fingerprint density at radius 2 is 1.75 bits per heavy atom. The van der Waals surface area contributed by atoms with Crippen molar-refractivity contribution in [3.8, 4) is 22.9 Å². The number of rotatable bonds is 4. The van der Waals surface area contributed by atoms with Gasteiger partial charge in [0.2, 0.25) is 11.7 Å². The molecule has 3 aromatic heterocycles. The maximum absolute atomic E-state index is 12.7. The number of nitrogens with zero attached hydrogens (tertiary/aromatic N) is 5. The van der Waals surface area contributed by atoms with Crippen LogP contribution in [0.5, 0.6) is 11.6 Å². The largest absolute Gasteiger partial charge is 0.437 e. The molecule has 3 heterocycles. The lowest BCUT2D eigenvalue weighted by Crippen LogP contribution is -2.04. The van der Waals surface area contributed by atoms with Crippen molar-refractivity contribution in [2.24, 2.45) is 0 Å². The first-order valence-electron chi connectivity index (χ1n) is 7.92. The van der Waals surface area contributed by atoms with Crippen molar-refractivity contribution in [2.75, 3.05) is 0 Å². The summed E-state index contributed by atoms with van der Waals surface area (Å²) in [4.78, 5) is 19.3. The van der Waals surface area contributed by atoms with Crippen LogP contribution < -0.4 is 4.74 Å². The summed E-state index contributed by atoms with van der Waals surface area (Å²) in [6.07, 6.45) is 0.624. The fraction of sp³-hybridized carbons (Fsp3) is 0.0556. The van der Waals surface area contributed by atoms with Crippen molar-refractivity contribution < 1.29 is 22.7 Å². The van der Waals surface area contributed by atoms with Gasteiger partial charge in [-0.15, -0.1) is 10.2 Å². The second-order valence-corrected chi connectivity index (χ2v) is 5.65. The summed E-state index contributed by atoms with van der Waals surface area (Å²) in [5.74, 6) is 0.449. The summed E-state index contributed by atoms with van der Waals surface area (Å²) >= 11 is 0. The van der Waals surface area contributed by atoms with Crippen LogP contribution in [0.2, 0.25) is 0 Å². The zero-order chi connectivity index (χ0) is 19.7. The third-order valence-corrected chi connectivity index (χ3v) is 3.88. The van der Waals surface area contributed by atoms with Crippen LogP contribution in [0, 0.1) is 0 Å². The monoisotopic (exact) mass is 385 g/mol. The number of carbonyl (C=O) groups is 1. The molecule has 0 aliphatic rings. The van der Waals surface area contributed by atoms with Gasteiger partial charge in [0.25, 0.3) is 0 Å². The van der Waals surface area contributed by atoms with Gasteiger partial charge < -0.3 is 4.74 Å². The molecule has 0 atom stereocenters. The average Bonchev–Trinajstić information content (AvgIpc) is 3.10. The lowest BCUT2D eigenvalue weighted by molar-refractivity contribution is -0.137. The average molecular weight is 385 g/mol. The van der Waals surface area contributed by atoms with Crippen molar-refractivity contribution in [3.63, 3.8) is 0 Å². The Labute approximate surface area is 155 Å². The number of fused-ring (bicyclic) bond motifs is 1. The minimum atomic E-state index is -4.43. The van der Waals surface area contributed by atoms with Crippen LogP contribution in [0.1, 0.15) is 16.2 Å². The maximum atomic E-state index is 12.7. The molecule has 0 aliphatic carbocycles. The first-order chi connectivity index (χ1) is 13.5. The lowest BCUT2D eigenvalue weighted by atomic mass is 10.2. The summed E-state index contributed by atoms with van der Waals surface area (Å²) in [6, 6.07) is 7.58. The third kappa shape index (κ3) is 3.27. The molecule has 0 radical (unpaired) electrons. The Kier molecular flexibility index (Phi) is 4.22. The molecule has 0 spiro atoms. The van der Waals surface area contributed by atoms with E-state index in [4.69, 9.17) is 4.74 Å². The fourth-order valence-electron chi connectivity index (χ4n) is 2.56. The molecule has 1 aromatic carbocycles. The zero-order valence-electron chi connectivity index (χ0n) is 14.0. The Morgan fingerprint density at radius 3 is 2.46 bits per heavy atom. The highest BCUT2D eigenvalue weighted by atomic mass is 19.4. The first kappa shape index (κ1) is 17.6. The molecule has 0 aliphatic heterocycles. The standard InChI is InChI=1S/C18H10F3N5O2/c19-18(20,21)12-1-3-13(4-2-12)28-17-16(22-6-7-23-17)11-5-8-26-14(9-11)24-25-15(26)10-27/h1-10H. The van der Waals surface area contributed by atoms with Gasteiger partial charge >= 0.3 is 6.18 Å².